The number of amides is 1. The first kappa shape index (κ1) is 17.8. The first-order valence-electron chi connectivity index (χ1n) is 8.35. The fourth-order valence-electron chi connectivity index (χ4n) is 2.52. The summed E-state index contributed by atoms with van der Waals surface area (Å²) in [5.74, 6) is -0.854. The van der Waals surface area contributed by atoms with Crippen molar-refractivity contribution in [2.24, 2.45) is 0 Å². The van der Waals surface area contributed by atoms with Crippen LogP contribution in [0.2, 0.25) is 0 Å². The summed E-state index contributed by atoms with van der Waals surface area (Å²) in [4.78, 5) is 25.7. The average molecular weight is 352 g/mol. The summed E-state index contributed by atoms with van der Waals surface area (Å²) < 4.78 is 0. The number of anilines is 1. The zero-order valence-electron chi connectivity index (χ0n) is 14.4. The summed E-state index contributed by atoms with van der Waals surface area (Å²) in [5.41, 5.74) is 2.23. The van der Waals surface area contributed by atoms with Crippen LogP contribution in [0, 0.1) is 11.3 Å². The van der Waals surface area contributed by atoms with Crippen molar-refractivity contribution < 1.29 is 9.59 Å². The predicted molar refractivity (Wildman–Crippen MR) is 105 cm³/mol. The standard InChI is InChI=1S/C23H16N2O2/c24-16-18-13-11-17(12-14-18)15-21(22(26)19-7-3-1-4-8-19)23(27)25-20-9-5-2-6-10-20/h1-15H,(H,25,27)/b21-15+. The van der Waals surface area contributed by atoms with Crippen LogP contribution in [0.1, 0.15) is 21.5 Å². The number of benzene rings is 3. The lowest BCUT2D eigenvalue weighted by Crippen LogP contribution is -2.20. The summed E-state index contributed by atoms with van der Waals surface area (Å²) in [6, 6.07) is 26.4. The molecule has 0 heterocycles. The van der Waals surface area contributed by atoms with Crippen LogP contribution in [0.15, 0.2) is 90.5 Å². The van der Waals surface area contributed by atoms with Gasteiger partial charge in [0.2, 0.25) is 0 Å². The zero-order valence-corrected chi connectivity index (χ0v) is 14.4. The Labute approximate surface area is 157 Å². The third-order valence-electron chi connectivity index (χ3n) is 3.91. The highest BCUT2D eigenvalue weighted by Crippen LogP contribution is 2.16. The Balaban J connectivity index is 1.97. The van der Waals surface area contributed by atoms with E-state index in [4.69, 9.17) is 5.26 Å². The second kappa shape index (κ2) is 8.41. The van der Waals surface area contributed by atoms with E-state index in [1.807, 2.05) is 18.2 Å². The van der Waals surface area contributed by atoms with Gasteiger partial charge in [0.05, 0.1) is 17.2 Å². The van der Waals surface area contributed by atoms with Gasteiger partial charge in [0.15, 0.2) is 5.78 Å². The third-order valence-corrected chi connectivity index (χ3v) is 3.91. The molecule has 0 bridgehead atoms. The molecule has 0 saturated heterocycles. The van der Waals surface area contributed by atoms with Crippen LogP contribution in [0.3, 0.4) is 0 Å². The molecule has 130 valence electrons. The first-order valence-corrected chi connectivity index (χ1v) is 8.35. The van der Waals surface area contributed by atoms with Gasteiger partial charge < -0.3 is 5.32 Å². The molecule has 0 spiro atoms. The highest BCUT2D eigenvalue weighted by atomic mass is 16.2. The van der Waals surface area contributed by atoms with E-state index in [-0.39, 0.29) is 11.4 Å². The summed E-state index contributed by atoms with van der Waals surface area (Å²) in [6.07, 6.45) is 1.54. The summed E-state index contributed by atoms with van der Waals surface area (Å²) in [7, 11) is 0. The highest BCUT2D eigenvalue weighted by molar-refractivity contribution is 6.31. The Morgan fingerprint density at radius 1 is 0.815 bits per heavy atom. The Morgan fingerprint density at radius 3 is 2.00 bits per heavy atom. The first-order chi connectivity index (χ1) is 13.2. The number of carbonyl (C=O) groups is 2. The molecule has 1 amide bonds. The molecule has 0 aromatic heterocycles. The fraction of sp³-hybridized carbons (Fsp3) is 0. The molecule has 0 saturated carbocycles. The SMILES string of the molecule is N#Cc1ccc(/C=C(/C(=O)Nc2ccccc2)C(=O)c2ccccc2)cc1. The predicted octanol–water partition coefficient (Wildman–Crippen LogP) is 4.46. The molecular formula is C23H16N2O2. The molecule has 3 aromatic carbocycles. The van der Waals surface area contributed by atoms with Crippen LogP contribution in [-0.2, 0) is 4.79 Å². The Kier molecular flexibility index (Phi) is 5.56. The number of hydrogen-bond donors (Lipinski definition) is 1. The third kappa shape index (κ3) is 4.56. The number of nitrogens with zero attached hydrogens (tertiary/aromatic N) is 1. The van der Waals surface area contributed by atoms with Gasteiger partial charge in [-0.1, -0.05) is 60.7 Å². The van der Waals surface area contributed by atoms with Gasteiger partial charge in [-0.15, -0.1) is 0 Å². The molecule has 27 heavy (non-hydrogen) atoms. The zero-order chi connectivity index (χ0) is 19.1. The van der Waals surface area contributed by atoms with Crippen LogP contribution < -0.4 is 5.32 Å². The van der Waals surface area contributed by atoms with E-state index < -0.39 is 5.91 Å². The minimum Gasteiger partial charge on any atom is -0.322 e. The van der Waals surface area contributed by atoms with Crippen molar-refractivity contribution in [3.63, 3.8) is 0 Å². The molecule has 1 N–H and O–H groups in total. The normalized spacial score (nSPS) is 10.7. The van der Waals surface area contributed by atoms with Crippen LogP contribution in [-0.4, -0.2) is 11.7 Å². The van der Waals surface area contributed by atoms with E-state index in [0.717, 1.165) is 0 Å². The van der Waals surface area contributed by atoms with Crippen LogP contribution in [0.25, 0.3) is 6.08 Å². The van der Waals surface area contributed by atoms with Crippen molar-refractivity contribution in [2.75, 3.05) is 5.32 Å². The number of nitrogens with one attached hydrogen (secondary N) is 1. The molecule has 4 nitrogen and oxygen atoms in total. The number of rotatable bonds is 5. The van der Waals surface area contributed by atoms with Crippen LogP contribution in [0.4, 0.5) is 5.69 Å². The molecule has 3 aromatic rings. The number of carbonyl (C=O) groups excluding carboxylic acids is 2. The minimum absolute atomic E-state index is 0.0229. The molecule has 0 aliphatic rings. The van der Waals surface area contributed by atoms with E-state index in [0.29, 0.717) is 22.4 Å². The summed E-state index contributed by atoms with van der Waals surface area (Å²) in [5, 5.41) is 11.7. The van der Waals surface area contributed by atoms with Gasteiger partial charge in [-0.2, -0.15) is 5.26 Å². The molecule has 0 unspecified atom stereocenters. The van der Waals surface area contributed by atoms with Gasteiger partial charge in [-0.25, -0.2) is 0 Å². The average Bonchev–Trinajstić information content (AvgIpc) is 2.73. The number of nitriles is 1. The Bertz CT molecular complexity index is 1020. The van der Waals surface area contributed by atoms with E-state index in [1.54, 1.807) is 72.8 Å². The molecular weight excluding hydrogens is 336 g/mol. The number of hydrogen-bond acceptors (Lipinski definition) is 3. The minimum atomic E-state index is -0.487. The van der Waals surface area contributed by atoms with E-state index >= 15 is 0 Å². The largest absolute Gasteiger partial charge is 0.322 e. The van der Waals surface area contributed by atoms with Crippen molar-refractivity contribution >= 4 is 23.5 Å². The fourth-order valence-corrected chi connectivity index (χ4v) is 2.52. The number of Topliss-reactive ketones (excluding diaryl/α,β-unsaturated/α-hetero) is 1. The van der Waals surface area contributed by atoms with Gasteiger partial charge in [-0.3, -0.25) is 9.59 Å². The second-order valence-electron chi connectivity index (χ2n) is 5.81. The van der Waals surface area contributed by atoms with Crippen molar-refractivity contribution in [2.45, 2.75) is 0 Å². The van der Waals surface area contributed by atoms with Gasteiger partial charge in [0.1, 0.15) is 0 Å². The van der Waals surface area contributed by atoms with Gasteiger partial charge in [0.25, 0.3) is 5.91 Å². The van der Waals surface area contributed by atoms with Gasteiger partial charge >= 0.3 is 0 Å². The van der Waals surface area contributed by atoms with Crippen molar-refractivity contribution in [1.29, 1.82) is 5.26 Å². The molecule has 0 radical (unpaired) electrons. The number of ketones is 1. The van der Waals surface area contributed by atoms with E-state index in [9.17, 15) is 9.59 Å². The van der Waals surface area contributed by atoms with Crippen molar-refractivity contribution in [3.05, 3.63) is 107 Å². The monoisotopic (exact) mass is 352 g/mol. The lowest BCUT2D eigenvalue weighted by atomic mass is 9.99. The van der Waals surface area contributed by atoms with Gasteiger partial charge in [0, 0.05) is 11.3 Å². The molecule has 4 heteroatoms. The maximum Gasteiger partial charge on any atom is 0.259 e. The number of para-hydroxylation sites is 1. The summed E-state index contributed by atoms with van der Waals surface area (Å²) in [6.45, 7) is 0. The molecule has 3 rings (SSSR count). The Morgan fingerprint density at radius 2 is 1.41 bits per heavy atom. The van der Waals surface area contributed by atoms with Crippen LogP contribution >= 0.6 is 0 Å². The van der Waals surface area contributed by atoms with Crippen LogP contribution in [0.5, 0.6) is 0 Å². The maximum atomic E-state index is 12.9. The van der Waals surface area contributed by atoms with E-state index in [1.165, 1.54) is 6.08 Å². The Hall–Kier alpha value is -3.97. The quantitative estimate of drug-likeness (QED) is 0.319. The van der Waals surface area contributed by atoms with Crippen molar-refractivity contribution in [1.82, 2.24) is 0 Å². The van der Waals surface area contributed by atoms with Crippen molar-refractivity contribution in [3.8, 4) is 6.07 Å². The molecule has 0 aliphatic heterocycles. The lowest BCUT2D eigenvalue weighted by molar-refractivity contribution is -0.112. The van der Waals surface area contributed by atoms with Gasteiger partial charge in [-0.05, 0) is 35.9 Å². The second-order valence-corrected chi connectivity index (χ2v) is 5.81. The molecule has 0 aliphatic carbocycles. The maximum absolute atomic E-state index is 12.9. The summed E-state index contributed by atoms with van der Waals surface area (Å²) >= 11 is 0. The molecule has 0 fully saturated rings. The highest BCUT2D eigenvalue weighted by Gasteiger charge is 2.20. The topological polar surface area (TPSA) is 70.0 Å². The lowest BCUT2D eigenvalue weighted by Gasteiger charge is -2.09. The smallest absolute Gasteiger partial charge is 0.259 e. The van der Waals surface area contributed by atoms with E-state index in [2.05, 4.69) is 5.32 Å². The molecule has 0 atom stereocenters.